The Morgan fingerprint density at radius 1 is 1.21 bits per heavy atom. The number of thiophene rings is 1. The van der Waals surface area contributed by atoms with Gasteiger partial charge in [0.15, 0.2) is 5.11 Å². The normalized spacial score (nSPS) is 18.5. The first-order chi connectivity index (χ1) is 14.1. The van der Waals surface area contributed by atoms with Crippen LogP contribution in [0, 0.1) is 5.82 Å². The first-order valence-electron chi connectivity index (χ1n) is 9.19. The number of aromatic nitrogens is 1. The minimum absolute atomic E-state index is 0.0315. The maximum Gasteiger partial charge on any atom is 0.226 e. The molecule has 1 aliphatic rings. The zero-order valence-corrected chi connectivity index (χ0v) is 17.0. The second kappa shape index (κ2) is 8.67. The van der Waals surface area contributed by atoms with E-state index in [2.05, 4.69) is 21.7 Å². The molecule has 4 rings (SSSR count). The Balaban J connectivity index is 1.48. The fourth-order valence-electron chi connectivity index (χ4n) is 3.39. The topological polar surface area (TPSA) is 57.3 Å². The van der Waals surface area contributed by atoms with Crippen molar-refractivity contribution in [2.24, 2.45) is 0 Å². The van der Waals surface area contributed by atoms with Crippen molar-refractivity contribution in [1.29, 1.82) is 0 Å². The Labute approximate surface area is 177 Å². The number of anilines is 1. The lowest BCUT2D eigenvalue weighted by atomic mass is 10.0. The molecule has 2 unspecified atom stereocenters. The van der Waals surface area contributed by atoms with Crippen molar-refractivity contribution < 1.29 is 9.18 Å². The van der Waals surface area contributed by atoms with Crippen molar-refractivity contribution in [2.45, 2.75) is 18.5 Å². The van der Waals surface area contributed by atoms with Crippen LogP contribution < -0.4 is 10.6 Å². The van der Waals surface area contributed by atoms with Crippen LogP contribution in [-0.4, -0.2) is 27.4 Å². The highest BCUT2D eigenvalue weighted by atomic mass is 32.1. The molecule has 0 saturated carbocycles. The van der Waals surface area contributed by atoms with Gasteiger partial charge >= 0.3 is 0 Å². The number of carbonyl (C=O) groups is 1. The molecule has 29 heavy (non-hydrogen) atoms. The third kappa shape index (κ3) is 4.44. The van der Waals surface area contributed by atoms with E-state index >= 15 is 0 Å². The Morgan fingerprint density at radius 3 is 2.72 bits per heavy atom. The summed E-state index contributed by atoms with van der Waals surface area (Å²) in [4.78, 5) is 20.1. The van der Waals surface area contributed by atoms with E-state index in [-0.39, 0.29) is 30.2 Å². The predicted octanol–water partition coefficient (Wildman–Crippen LogP) is 4.28. The zero-order chi connectivity index (χ0) is 20.2. The van der Waals surface area contributed by atoms with Crippen molar-refractivity contribution in [3.8, 4) is 0 Å². The summed E-state index contributed by atoms with van der Waals surface area (Å²) in [5.41, 5.74) is 1.48. The molecule has 2 N–H and O–H groups in total. The van der Waals surface area contributed by atoms with Gasteiger partial charge in [-0.1, -0.05) is 12.1 Å². The lowest BCUT2D eigenvalue weighted by molar-refractivity contribution is -0.116. The molecule has 3 heterocycles. The Hall–Kier alpha value is -2.84. The average Bonchev–Trinajstić information content (AvgIpc) is 3.36. The lowest BCUT2D eigenvalue weighted by Gasteiger charge is -2.26. The number of carbonyl (C=O) groups excluding carboxylic acids is 1. The number of nitrogens with zero attached hydrogens (tertiary/aromatic N) is 2. The minimum Gasteiger partial charge on any atom is -0.352 e. The molecule has 8 heteroatoms. The van der Waals surface area contributed by atoms with E-state index in [1.54, 1.807) is 29.7 Å². The maximum atomic E-state index is 13.0. The van der Waals surface area contributed by atoms with Gasteiger partial charge in [0.2, 0.25) is 5.91 Å². The molecule has 2 atom stereocenters. The van der Waals surface area contributed by atoms with E-state index in [9.17, 15) is 9.18 Å². The first-order valence-corrected chi connectivity index (χ1v) is 10.5. The third-order valence-electron chi connectivity index (χ3n) is 4.74. The number of amides is 1. The Bertz CT molecular complexity index is 980. The molecule has 3 aromatic rings. The highest BCUT2D eigenvalue weighted by molar-refractivity contribution is 7.80. The lowest BCUT2D eigenvalue weighted by Crippen LogP contribution is -2.32. The van der Waals surface area contributed by atoms with E-state index in [4.69, 9.17) is 12.2 Å². The average molecular weight is 427 g/mol. The van der Waals surface area contributed by atoms with Crippen LogP contribution in [0.25, 0.3) is 0 Å². The van der Waals surface area contributed by atoms with Crippen molar-refractivity contribution in [1.82, 2.24) is 15.2 Å². The van der Waals surface area contributed by atoms with Crippen molar-refractivity contribution in [2.75, 3.05) is 11.9 Å². The smallest absolute Gasteiger partial charge is 0.226 e. The summed E-state index contributed by atoms with van der Waals surface area (Å²) in [7, 11) is 0. The van der Waals surface area contributed by atoms with Crippen molar-refractivity contribution >= 4 is 40.3 Å². The van der Waals surface area contributed by atoms with Gasteiger partial charge in [0.25, 0.3) is 0 Å². The fraction of sp³-hybridized carbons (Fsp3) is 0.190. The van der Waals surface area contributed by atoms with Gasteiger partial charge in [0, 0.05) is 29.7 Å². The molecule has 148 valence electrons. The van der Waals surface area contributed by atoms with Crippen LogP contribution in [-0.2, 0) is 4.79 Å². The maximum absolute atomic E-state index is 13.0. The number of pyridine rings is 1. The van der Waals surface area contributed by atoms with Gasteiger partial charge in [0.05, 0.1) is 17.8 Å². The third-order valence-corrected chi connectivity index (χ3v) is 6.04. The molecule has 0 bridgehead atoms. The van der Waals surface area contributed by atoms with Gasteiger partial charge in [-0.15, -0.1) is 11.3 Å². The van der Waals surface area contributed by atoms with Gasteiger partial charge in [0.1, 0.15) is 5.82 Å². The van der Waals surface area contributed by atoms with Crippen LogP contribution in [0.1, 0.15) is 29.1 Å². The summed E-state index contributed by atoms with van der Waals surface area (Å²) in [6.07, 6.45) is 2.03. The summed E-state index contributed by atoms with van der Waals surface area (Å²) in [5, 5.41) is 8.80. The summed E-state index contributed by atoms with van der Waals surface area (Å²) in [6, 6.07) is 15.5. The van der Waals surface area contributed by atoms with Gasteiger partial charge in [-0.3, -0.25) is 9.78 Å². The molecule has 0 aliphatic carbocycles. The van der Waals surface area contributed by atoms with Crippen LogP contribution in [0.15, 0.2) is 66.2 Å². The molecule has 1 fully saturated rings. The molecule has 5 nitrogen and oxygen atoms in total. The van der Waals surface area contributed by atoms with E-state index in [1.807, 2.05) is 34.5 Å². The zero-order valence-electron chi connectivity index (χ0n) is 15.4. The molecular weight excluding hydrogens is 407 g/mol. The van der Waals surface area contributed by atoms with Crippen LogP contribution in [0.4, 0.5) is 10.1 Å². The number of hydrogen-bond donors (Lipinski definition) is 2. The summed E-state index contributed by atoms with van der Waals surface area (Å²) >= 11 is 7.24. The molecule has 2 aromatic heterocycles. The van der Waals surface area contributed by atoms with Crippen LogP contribution in [0.5, 0.6) is 0 Å². The van der Waals surface area contributed by atoms with E-state index in [0.29, 0.717) is 17.3 Å². The highest BCUT2D eigenvalue weighted by Crippen LogP contribution is 2.40. The van der Waals surface area contributed by atoms with Crippen LogP contribution in [0.3, 0.4) is 0 Å². The number of thiocarbonyl (C=S) groups is 1. The molecule has 0 spiro atoms. The first kappa shape index (κ1) is 19.5. The fourth-order valence-corrected chi connectivity index (χ4v) is 4.60. The number of benzene rings is 1. The number of nitrogens with one attached hydrogen (secondary N) is 2. The summed E-state index contributed by atoms with van der Waals surface area (Å²) in [6.45, 7) is 0.463. The van der Waals surface area contributed by atoms with E-state index in [1.165, 1.54) is 12.1 Å². The monoisotopic (exact) mass is 426 g/mol. The van der Waals surface area contributed by atoms with Gasteiger partial charge < -0.3 is 15.5 Å². The number of hydrogen-bond acceptors (Lipinski definition) is 4. The number of halogens is 1. The molecular formula is C21H19FN4OS2. The highest BCUT2D eigenvalue weighted by Gasteiger charge is 2.40. The molecule has 0 radical (unpaired) electrons. The second-order valence-electron chi connectivity index (χ2n) is 6.64. The SMILES string of the molecule is O=C(CCN1C(=S)NC(c2ccccn2)C1c1cccs1)Nc1ccc(F)cc1. The predicted molar refractivity (Wildman–Crippen MR) is 116 cm³/mol. The number of rotatable bonds is 6. The minimum atomic E-state index is -0.337. The molecule has 1 amide bonds. The Kier molecular flexibility index (Phi) is 5.82. The van der Waals surface area contributed by atoms with Gasteiger partial charge in [-0.2, -0.15) is 0 Å². The van der Waals surface area contributed by atoms with E-state index in [0.717, 1.165) is 10.6 Å². The van der Waals surface area contributed by atoms with Gasteiger partial charge in [-0.25, -0.2) is 4.39 Å². The quantitative estimate of drug-likeness (QED) is 0.576. The molecule has 1 aromatic carbocycles. The standard InChI is InChI=1S/C21H19FN4OS2/c22-14-6-8-15(9-7-14)24-18(27)10-12-26-20(17-5-3-13-29-17)19(25-21(26)28)16-4-1-2-11-23-16/h1-9,11,13,19-20H,10,12H2,(H,24,27)(H,25,28). The van der Waals surface area contributed by atoms with Crippen LogP contribution >= 0.6 is 23.6 Å². The largest absolute Gasteiger partial charge is 0.352 e. The molecule has 1 aliphatic heterocycles. The summed E-state index contributed by atoms with van der Waals surface area (Å²) in [5.74, 6) is -0.485. The van der Waals surface area contributed by atoms with Crippen molar-refractivity contribution in [3.05, 3.63) is 82.6 Å². The molecule has 1 saturated heterocycles. The van der Waals surface area contributed by atoms with Crippen molar-refractivity contribution in [3.63, 3.8) is 0 Å². The summed E-state index contributed by atoms with van der Waals surface area (Å²) < 4.78 is 13.0. The van der Waals surface area contributed by atoms with Gasteiger partial charge in [-0.05, 0) is 60.1 Å². The van der Waals surface area contributed by atoms with Crippen LogP contribution in [0.2, 0.25) is 0 Å². The Morgan fingerprint density at radius 2 is 2.03 bits per heavy atom. The second-order valence-corrected chi connectivity index (χ2v) is 8.01. The van der Waals surface area contributed by atoms with E-state index < -0.39 is 0 Å².